The van der Waals surface area contributed by atoms with E-state index in [0.717, 1.165) is 6.42 Å². The lowest BCUT2D eigenvalue weighted by molar-refractivity contribution is 0.126. The van der Waals surface area contributed by atoms with Crippen molar-refractivity contribution < 1.29 is 0 Å². The van der Waals surface area contributed by atoms with Gasteiger partial charge in [0.05, 0.1) is 6.04 Å². The highest BCUT2D eigenvalue weighted by molar-refractivity contribution is 7.10. The first kappa shape index (κ1) is 15.0. The van der Waals surface area contributed by atoms with Gasteiger partial charge in [-0.1, -0.05) is 19.8 Å². The summed E-state index contributed by atoms with van der Waals surface area (Å²) >= 11 is 1.88. The molecule has 1 aromatic heterocycles. The van der Waals surface area contributed by atoms with Gasteiger partial charge in [0.25, 0.3) is 0 Å². The Balaban J connectivity index is 2.28. The van der Waals surface area contributed by atoms with Gasteiger partial charge < -0.3 is 5.73 Å². The Morgan fingerprint density at radius 1 is 1.42 bits per heavy atom. The summed E-state index contributed by atoms with van der Waals surface area (Å²) in [6.45, 7) is 8.02. The molecule has 108 valence electrons. The lowest BCUT2D eigenvalue weighted by atomic mass is 9.98. The van der Waals surface area contributed by atoms with Gasteiger partial charge in [-0.05, 0) is 56.7 Å². The largest absolute Gasteiger partial charge is 0.326 e. The molecule has 0 amide bonds. The number of rotatable bonds is 4. The lowest BCUT2D eigenvalue weighted by Crippen LogP contribution is -2.44. The summed E-state index contributed by atoms with van der Waals surface area (Å²) in [4.78, 5) is 4.17. The highest BCUT2D eigenvalue weighted by atomic mass is 32.1. The number of hydrogen-bond donors (Lipinski definition) is 1. The topological polar surface area (TPSA) is 29.3 Å². The monoisotopic (exact) mass is 280 g/mol. The molecule has 19 heavy (non-hydrogen) atoms. The van der Waals surface area contributed by atoms with Crippen molar-refractivity contribution >= 4 is 11.3 Å². The zero-order chi connectivity index (χ0) is 13.8. The number of thiophene rings is 1. The van der Waals surface area contributed by atoms with Crippen LogP contribution in [0.15, 0.2) is 11.4 Å². The van der Waals surface area contributed by atoms with Gasteiger partial charge in [0.1, 0.15) is 0 Å². The van der Waals surface area contributed by atoms with Crippen LogP contribution in [0.5, 0.6) is 0 Å². The van der Waals surface area contributed by atoms with Crippen molar-refractivity contribution in [3.05, 3.63) is 21.9 Å². The summed E-state index contributed by atoms with van der Waals surface area (Å²) in [5.41, 5.74) is 7.90. The number of nitrogens with zero attached hydrogens (tertiary/aromatic N) is 1. The third-order valence-electron chi connectivity index (χ3n) is 4.51. The summed E-state index contributed by atoms with van der Waals surface area (Å²) in [5, 5.41) is 2.21. The van der Waals surface area contributed by atoms with E-state index >= 15 is 0 Å². The third-order valence-corrected chi connectivity index (χ3v) is 5.60. The molecule has 1 aliphatic heterocycles. The maximum absolute atomic E-state index is 6.49. The maximum atomic E-state index is 6.49. The first-order valence-corrected chi connectivity index (χ1v) is 8.58. The van der Waals surface area contributed by atoms with Crippen LogP contribution in [-0.4, -0.2) is 23.5 Å². The standard InChI is InChI=1S/C16H28N2S/c1-4-14(17)15(16-12(2)9-11-19-16)18-10-7-5-6-8-13(18)3/h9,11,13-15H,4-8,10,17H2,1-3H3. The van der Waals surface area contributed by atoms with Gasteiger partial charge in [-0.15, -0.1) is 11.3 Å². The van der Waals surface area contributed by atoms with Crippen LogP contribution in [0.25, 0.3) is 0 Å². The van der Waals surface area contributed by atoms with Gasteiger partial charge >= 0.3 is 0 Å². The second kappa shape index (κ2) is 6.87. The van der Waals surface area contributed by atoms with E-state index in [2.05, 4.69) is 37.1 Å². The number of nitrogens with two attached hydrogens (primary N) is 1. The quantitative estimate of drug-likeness (QED) is 0.899. The van der Waals surface area contributed by atoms with E-state index in [1.54, 1.807) is 0 Å². The van der Waals surface area contributed by atoms with E-state index in [1.807, 2.05) is 11.3 Å². The normalized spacial score (nSPS) is 24.9. The van der Waals surface area contributed by atoms with Gasteiger partial charge in [-0.3, -0.25) is 4.90 Å². The van der Waals surface area contributed by atoms with Crippen LogP contribution in [0, 0.1) is 6.92 Å². The second-order valence-electron chi connectivity index (χ2n) is 5.92. The Labute approximate surface area is 122 Å². The number of aryl methyl sites for hydroxylation is 1. The summed E-state index contributed by atoms with van der Waals surface area (Å²) in [6.07, 6.45) is 6.43. The molecule has 2 N–H and O–H groups in total. The van der Waals surface area contributed by atoms with Gasteiger partial charge in [0.15, 0.2) is 0 Å². The second-order valence-corrected chi connectivity index (χ2v) is 6.87. The zero-order valence-corrected chi connectivity index (χ0v) is 13.4. The smallest absolute Gasteiger partial charge is 0.0598 e. The van der Waals surface area contributed by atoms with Crippen molar-refractivity contribution in [2.24, 2.45) is 5.73 Å². The minimum atomic E-state index is 0.248. The van der Waals surface area contributed by atoms with E-state index in [0.29, 0.717) is 12.1 Å². The molecule has 2 rings (SSSR count). The molecule has 2 heterocycles. The molecule has 1 saturated heterocycles. The van der Waals surface area contributed by atoms with E-state index in [4.69, 9.17) is 5.73 Å². The van der Waals surface area contributed by atoms with E-state index in [1.165, 1.54) is 42.7 Å². The van der Waals surface area contributed by atoms with Gasteiger partial charge in [-0.25, -0.2) is 0 Å². The molecule has 0 spiro atoms. The van der Waals surface area contributed by atoms with Crippen LogP contribution in [0.2, 0.25) is 0 Å². The molecule has 0 saturated carbocycles. The van der Waals surface area contributed by atoms with E-state index in [-0.39, 0.29) is 6.04 Å². The third kappa shape index (κ3) is 3.39. The van der Waals surface area contributed by atoms with Gasteiger partial charge in [0, 0.05) is 17.0 Å². The molecule has 1 fully saturated rings. The molecule has 0 aromatic carbocycles. The average molecular weight is 280 g/mol. The zero-order valence-electron chi connectivity index (χ0n) is 12.6. The van der Waals surface area contributed by atoms with Crippen LogP contribution in [0.3, 0.4) is 0 Å². The Morgan fingerprint density at radius 2 is 2.21 bits per heavy atom. The molecule has 0 radical (unpaired) electrons. The van der Waals surface area contributed by atoms with Crippen molar-refractivity contribution in [3.63, 3.8) is 0 Å². The minimum Gasteiger partial charge on any atom is -0.326 e. The molecule has 1 aromatic rings. The van der Waals surface area contributed by atoms with Crippen molar-refractivity contribution in [3.8, 4) is 0 Å². The van der Waals surface area contributed by atoms with E-state index in [9.17, 15) is 0 Å². The van der Waals surface area contributed by atoms with Crippen LogP contribution in [0.4, 0.5) is 0 Å². The average Bonchev–Trinajstić information content (AvgIpc) is 2.70. The Bertz CT molecular complexity index is 388. The van der Waals surface area contributed by atoms with Crippen molar-refractivity contribution in [2.45, 2.75) is 71.0 Å². The van der Waals surface area contributed by atoms with Crippen LogP contribution < -0.4 is 5.73 Å². The summed E-state index contributed by atoms with van der Waals surface area (Å²) < 4.78 is 0. The van der Waals surface area contributed by atoms with Gasteiger partial charge in [-0.2, -0.15) is 0 Å². The van der Waals surface area contributed by atoms with Crippen LogP contribution in [-0.2, 0) is 0 Å². The molecule has 3 unspecified atom stereocenters. The Kier molecular flexibility index (Phi) is 5.43. The fourth-order valence-electron chi connectivity index (χ4n) is 3.21. The highest BCUT2D eigenvalue weighted by Gasteiger charge is 2.31. The van der Waals surface area contributed by atoms with Crippen molar-refractivity contribution in [1.29, 1.82) is 0 Å². The van der Waals surface area contributed by atoms with Crippen LogP contribution in [0.1, 0.15) is 62.4 Å². The molecule has 3 heteroatoms. The molecule has 0 aliphatic carbocycles. The number of hydrogen-bond acceptors (Lipinski definition) is 3. The summed E-state index contributed by atoms with van der Waals surface area (Å²) in [5.74, 6) is 0. The summed E-state index contributed by atoms with van der Waals surface area (Å²) in [7, 11) is 0. The predicted molar refractivity (Wildman–Crippen MR) is 84.7 cm³/mol. The molecule has 2 nitrogen and oxygen atoms in total. The molecular weight excluding hydrogens is 252 g/mol. The Morgan fingerprint density at radius 3 is 2.84 bits per heavy atom. The van der Waals surface area contributed by atoms with Crippen LogP contribution >= 0.6 is 11.3 Å². The SMILES string of the molecule is CCC(N)C(c1sccc1C)N1CCCCCC1C. The fourth-order valence-corrected chi connectivity index (χ4v) is 4.33. The first-order valence-electron chi connectivity index (χ1n) is 7.70. The number of likely N-dealkylation sites (tertiary alicyclic amines) is 1. The molecular formula is C16H28N2S. The van der Waals surface area contributed by atoms with Gasteiger partial charge in [0.2, 0.25) is 0 Å². The summed E-state index contributed by atoms with van der Waals surface area (Å²) in [6, 6.07) is 3.56. The lowest BCUT2D eigenvalue weighted by Gasteiger charge is -2.38. The molecule has 0 bridgehead atoms. The molecule has 1 aliphatic rings. The fraction of sp³-hybridized carbons (Fsp3) is 0.750. The van der Waals surface area contributed by atoms with Crippen molar-refractivity contribution in [1.82, 2.24) is 4.90 Å². The predicted octanol–water partition coefficient (Wildman–Crippen LogP) is 4.10. The Hall–Kier alpha value is -0.380. The first-order chi connectivity index (χ1) is 9.15. The van der Waals surface area contributed by atoms with E-state index < -0.39 is 0 Å². The molecule has 3 atom stereocenters. The minimum absolute atomic E-state index is 0.248. The highest BCUT2D eigenvalue weighted by Crippen LogP contribution is 2.35. The van der Waals surface area contributed by atoms with Crippen molar-refractivity contribution in [2.75, 3.05) is 6.54 Å². The maximum Gasteiger partial charge on any atom is 0.0598 e.